The fraction of sp³-hybridized carbons (Fsp3) is 0.615. The van der Waals surface area contributed by atoms with Gasteiger partial charge in [0.1, 0.15) is 11.4 Å². The van der Waals surface area contributed by atoms with Crippen LogP contribution in [0.2, 0.25) is 0 Å². The molecule has 0 unspecified atom stereocenters. The monoisotopic (exact) mass is 410 g/mol. The summed E-state index contributed by atoms with van der Waals surface area (Å²) >= 11 is 0. The van der Waals surface area contributed by atoms with Crippen LogP contribution >= 0.6 is 0 Å². The first-order valence-corrected chi connectivity index (χ1v) is 11.4. The Bertz CT molecular complexity index is 904. The normalized spacial score (nSPS) is 47.1. The van der Waals surface area contributed by atoms with E-state index in [1.807, 2.05) is 36.4 Å². The Balaban J connectivity index is 1.53. The van der Waals surface area contributed by atoms with Crippen molar-refractivity contribution in [3.05, 3.63) is 53.6 Å². The Labute approximate surface area is 179 Å². The average Bonchev–Trinajstić information content (AvgIpc) is 2.96. The van der Waals surface area contributed by atoms with Gasteiger partial charge in [-0.1, -0.05) is 43.7 Å². The number of aliphatic hydroxyl groups is 3. The summed E-state index contributed by atoms with van der Waals surface area (Å²) in [6, 6.07) is 7.58. The molecule has 162 valence electrons. The molecule has 2 fully saturated rings. The second-order valence-corrected chi connectivity index (χ2v) is 10.5. The molecule has 4 aliphatic rings. The van der Waals surface area contributed by atoms with Gasteiger partial charge >= 0.3 is 0 Å². The molecular formula is C26H34O4. The van der Waals surface area contributed by atoms with Crippen LogP contribution < -0.4 is 4.74 Å². The number of hydrogen-bond donors (Lipinski definition) is 3. The lowest BCUT2D eigenvalue weighted by Crippen LogP contribution is -2.64. The van der Waals surface area contributed by atoms with E-state index in [0.29, 0.717) is 5.92 Å². The van der Waals surface area contributed by atoms with E-state index in [-0.39, 0.29) is 17.4 Å². The quantitative estimate of drug-likeness (QED) is 0.642. The highest BCUT2D eigenvalue weighted by atomic mass is 16.5. The van der Waals surface area contributed by atoms with Crippen molar-refractivity contribution in [3.63, 3.8) is 0 Å². The van der Waals surface area contributed by atoms with Crippen molar-refractivity contribution in [1.82, 2.24) is 0 Å². The highest BCUT2D eigenvalue weighted by molar-refractivity contribution is 5.44. The predicted octanol–water partition coefficient (Wildman–Crippen LogP) is 4.10. The minimum atomic E-state index is -1.21. The molecule has 4 nitrogen and oxygen atoms in total. The van der Waals surface area contributed by atoms with E-state index in [1.165, 1.54) is 5.57 Å². The standard InChI is InChI=1S/C26H34O4/c1-23-12-10-19(27)16-18(23)6-9-22-21(23)11-13-24(2)25(28,14-15-26(22,24)29)17-4-7-20(30-3)8-5-17/h4-5,7-8,14-16,19,21-22,27-29H,6,9-13H2,1-3H3/t19-,21-,22+,23-,24+,25-,26-/m0/s1. The van der Waals surface area contributed by atoms with Gasteiger partial charge in [-0.05, 0) is 79.5 Å². The van der Waals surface area contributed by atoms with E-state index in [0.717, 1.165) is 49.8 Å². The molecular weight excluding hydrogens is 376 g/mol. The summed E-state index contributed by atoms with van der Waals surface area (Å²) in [7, 11) is 1.64. The van der Waals surface area contributed by atoms with E-state index >= 15 is 0 Å². The van der Waals surface area contributed by atoms with Crippen LogP contribution in [0.5, 0.6) is 5.75 Å². The lowest BCUT2D eigenvalue weighted by molar-refractivity contribution is -0.209. The van der Waals surface area contributed by atoms with E-state index in [1.54, 1.807) is 7.11 Å². The molecule has 0 bridgehead atoms. The SMILES string of the molecule is COc1ccc([C@@]2(O)C=C[C@]3(O)[C@@H]4CCC5=C[C@@H](O)CC[C@]5(C)[C@H]4CC[C@]23C)cc1. The van der Waals surface area contributed by atoms with Crippen LogP contribution in [0.3, 0.4) is 0 Å². The molecule has 0 spiro atoms. The van der Waals surface area contributed by atoms with Gasteiger partial charge in [-0.15, -0.1) is 0 Å². The van der Waals surface area contributed by atoms with Gasteiger partial charge in [0.25, 0.3) is 0 Å². The van der Waals surface area contributed by atoms with Gasteiger partial charge in [0, 0.05) is 5.41 Å². The van der Waals surface area contributed by atoms with Crippen molar-refractivity contribution in [3.8, 4) is 5.75 Å². The topological polar surface area (TPSA) is 69.9 Å². The van der Waals surface area contributed by atoms with Crippen LogP contribution in [0.4, 0.5) is 0 Å². The largest absolute Gasteiger partial charge is 0.497 e. The molecule has 0 amide bonds. The summed E-state index contributed by atoms with van der Waals surface area (Å²) in [5.74, 6) is 1.23. The number of allylic oxidation sites excluding steroid dienone is 1. The van der Waals surface area contributed by atoms with Gasteiger partial charge in [-0.25, -0.2) is 0 Å². The lowest BCUT2D eigenvalue weighted by atomic mass is 9.44. The van der Waals surface area contributed by atoms with Crippen molar-refractivity contribution >= 4 is 0 Å². The summed E-state index contributed by atoms with van der Waals surface area (Å²) in [6.45, 7) is 4.40. The number of ether oxygens (including phenoxy) is 1. The number of fused-ring (bicyclic) bond motifs is 5. The van der Waals surface area contributed by atoms with Crippen LogP contribution in [-0.4, -0.2) is 34.1 Å². The minimum absolute atomic E-state index is 0.0356. The van der Waals surface area contributed by atoms with Crippen molar-refractivity contribution in [2.75, 3.05) is 7.11 Å². The molecule has 4 aliphatic carbocycles. The highest BCUT2D eigenvalue weighted by Gasteiger charge is 2.69. The van der Waals surface area contributed by atoms with Crippen molar-refractivity contribution in [1.29, 1.82) is 0 Å². The maximum absolute atomic E-state index is 12.2. The van der Waals surface area contributed by atoms with Crippen LogP contribution in [0.15, 0.2) is 48.1 Å². The lowest BCUT2D eigenvalue weighted by Gasteiger charge is -2.62. The second kappa shape index (κ2) is 6.44. The Hall–Kier alpha value is -1.62. The summed E-state index contributed by atoms with van der Waals surface area (Å²) in [5.41, 5.74) is -0.717. The summed E-state index contributed by atoms with van der Waals surface area (Å²) in [4.78, 5) is 0. The number of hydrogen-bond acceptors (Lipinski definition) is 4. The highest BCUT2D eigenvalue weighted by Crippen LogP contribution is 2.69. The molecule has 0 heterocycles. The van der Waals surface area contributed by atoms with Crippen LogP contribution in [-0.2, 0) is 5.60 Å². The van der Waals surface area contributed by atoms with Gasteiger partial charge in [0.2, 0.25) is 0 Å². The fourth-order valence-corrected chi connectivity index (χ4v) is 7.46. The Morgan fingerprint density at radius 1 is 0.933 bits per heavy atom. The van der Waals surface area contributed by atoms with Gasteiger partial charge < -0.3 is 20.1 Å². The maximum atomic E-state index is 12.2. The van der Waals surface area contributed by atoms with E-state index in [4.69, 9.17) is 4.74 Å². The second-order valence-electron chi connectivity index (χ2n) is 10.5. The Morgan fingerprint density at radius 2 is 1.67 bits per heavy atom. The van der Waals surface area contributed by atoms with E-state index in [9.17, 15) is 15.3 Å². The van der Waals surface area contributed by atoms with Gasteiger partial charge in [0.05, 0.1) is 18.8 Å². The zero-order valence-electron chi connectivity index (χ0n) is 18.3. The smallest absolute Gasteiger partial charge is 0.118 e. The van der Waals surface area contributed by atoms with Crippen molar-refractivity contribution < 1.29 is 20.1 Å². The predicted molar refractivity (Wildman–Crippen MR) is 116 cm³/mol. The fourth-order valence-electron chi connectivity index (χ4n) is 7.46. The first kappa shape index (κ1) is 20.3. The molecule has 5 rings (SSSR count). The van der Waals surface area contributed by atoms with Crippen molar-refractivity contribution in [2.24, 2.45) is 22.7 Å². The molecule has 0 aromatic heterocycles. The number of rotatable bonds is 2. The molecule has 1 aromatic carbocycles. The molecule has 30 heavy (non-hydrogen) atoms. The Morgan fingerprint density at radius 3 is 2.37 bits per heavy atom. The molecule has 0 aliphatic heterocycles. The molecule has 1 aromatic rings. The summed E-state index contributed by atoms with van der Waals surface area (Å²) in [6.07, 6.45) is 10.8. The molecule has 0 radical (unpaired) electrons. The number of methoxy groups -OCH3 is 1. The zero-order chi connectivity index (χ0) is 21.4. The van der Waals surface area contributed by atoms with Crippen LogP contribution in [0, 0.1) is 22.7 Å². The molecule has 4 heteroatoms. The summed E-state index contributed by atoms with van der Waals surface area (Å²) < 4.78 is 5.28. The number of benzene rings is 1. The van der Waals surface area contributed by atoms with Gasteiger partial charge in [-0.2, -0.15) is 0 Å². The van der Waals surface area contributed by atoms with Crippen LogP contribution in [0.1, 0.15) is 57.9 Å². The van der Waals surface area contributed by atoms with Gasteiger partial charge in [0.15, 0.2) is 0 Å². The third-order valence-corrected chi connectivity index (χ3v) is 9.47. The third-order valence-electron chi connectivity index (χ3n) is 9.47. The number of aliphatic hydroxyl groups excluding tert-OH is 1. The molecule has 7 atom stereocenters. The third kappa shape index (κ3) is 2.39. The molecule has 2 saturated carbocycles. The van der Waals surface area contributed by atoms with E-state index in [2.05, 4.69) is 19.9 Å². The average molecular weight is 411 g/mol. The molecule has 3 N–H and O–H groups in total. The van der Waals surface area contributed by atoms with E-state index < -0.39 is 16.6 Å². The maximum Gasteiger partial charge on any atom is 0.118 e. The van der Waals surface area contributed by atoms with Crippen molar-refractivity contribution in [2.45, 2.75) is 69.7 Å². The first-order valence-electron chi connectivity index (χ1n) is 11.4. The Kier molecular flexibility index (Phi) is 4.36. The molecule has 0 saturated heterocycles. The summed E-state index contributed by atoms with van der Waals surface area (Å²) in [5, 5.41) is 34.3. The first-order chi connectivity index (χ1) is 14.2. The van der Waals surface area contributed by atoms with Crippen LogP contribution in [0.25, 0.3) is 0 Å². The van der Waals surface area contributed by atoms with Gasteiger partial charge in [-0.3, -0.25) is 0 Å². The minimum Gasteiger partial charge on any atom is -0.497 e. The zero-order valence-corrected chi connectivity index (χ0v) is 18.3.